The Morgan fingerprint density at radius 3 is 2.39 bits per heavy atom. The third-order valence-electron chi connectivity index (χ3n) is 3.86. The Hall–Kier alpha value is -1.99. The third-order valence-corrected chi connectivity index (χ3v) is 3.86. The van der Waals surface area contributed by atoms with Crippen LogP contribution in [0.3, 0.4) is 0 Å². The second-order valence-electron chi connectivity index (χ2n) is 5.91. The molecule has 2 aliphatic heterocycles. The summed E-state index contributed by atoms with van der Waals surface area (Å²) in [6.07, 6.45) is 1.23. The fourth-order valence-corrected chi connectivity index (χ4v) is 2.61. The highest BCUT2D eigenvalue weighted by atomic mass is 16.7. The largest absolute Gasteiger partial charge is 0.457 e. The van der Waals surface area contributed by atoms with Crippen molar-refractivity contribution < 1.29 is 28.5 Å². The minimum absolute atomic E-state index is 0.213. The van der Waals surface area contributed by atoms with E-state index in [1.807, 2.05) is 0 Å². The first-order valence-corrected chi connectivity index (χ1v) is 7.61. The van der Waals surface area contributed by atoms with Gasteiger partial charge in [-0.05, 0) is 12.1 Å². The number of ether oxygens (including phenoxy) is 4. The zero-order valence-corrected chi connectivity index (χ0v) is 13.0. The Labute approximate surface area is 133 Å². The van der Waals surface area contributed by atoms with Gasteiger partial charge in [-0.1, -0.05) is 13.8 Å². The molecule has 1 aromatic rings. The van der Waals surface area contributed by atoms with Gasteiger partial charge >= 0.3 is 11.9 Å². The fraction of sp³-hybridized carbons (Fsp3) is 0.562. The number of rotatable bonds is 4. The minimum Gasteiger partial charge on any atom is -0.457 e. The van der Waals surface area contributed by atoms with Crippen molar-refractivity contribution in [3.05, 3.63) is 30.1 Å². The number of esters is 2. The van der Waals surface area contributed by atoms with E-state index < -0.39 is 30.4 Å². The van der Waals surface area contributed by atoms with Gasteiger partial charge in [0.1, 0.15) is 12.2 Å². The molecule has 1 unspecified atom stereocenters. The van der Waals surface area contributed by atoms with Gasteiger partial charge in [-0.25, -0.2) is 4.79 Å². The number of hydrogen-bond acceptors (Lipinski definition) is 7. The van der Waals surface area contributed by atoms with E-state index in [0.717, 1.165) is 0 Å². The van der Waals surface area contributed by atoms with Crippen LogP contribution in [-0.4, -0.2) is 54.6 Å². The van der Waals surface area contributed by atoms with Crippen LogP contribution in [0.25, 0.3) is 0 Å². The van der Waals surface area contributed by atoms with Gasteiger partial charge in [-0.15, -0.1) is 0 Å². The Balaban J connectivity index is 1.59. The zero-order chi connectivity index (χ0) is 16.4. The molecule has 2 aliphatic rings. The van der Waals surface area contributed by atoms with Crippen LogP contribution in [0.2, 0.25) is 0 Å². The van der Waals surface area contributed by atoms with Crippen molar-refractivity contribution >= 4 is 11.9 Å². The van der Waals surface area contributed by atoms with E-state index in [2.05, 4.69) is 4.98 Å². The molecule has 0 spiro atoms. The first-order chi connectivity index (χ1) is 11.1. The van der Waals surface area contributed by atoms with Gasteiger partial charge in [0, 0.05) is 12.4 Å². The molecule has 0 N–H and O–H groups in total. The monoisotopic (exact) mass is 321 g/mol. The Kier molecular flexibility index (Phi) is 4.58. The Morgan fingerprint density at radius 1 is 1.17 bits per heavy atom. The van der Waals surface area contributed by atoms with Gasteiger partial charge < -0.3 is 18.9 Å². The van der Waals surface area contributed by atoms with Gasteiger partial charge in [-0.2, -0.15) is 0 Å². The number of aromatic nitrogens is 1. The van der Waals surface area contributed by atoms with Crippen molar-refractivity contribution in [2.24, 2.45) is 5.92 Å². The van der Waals surface area contributed by atoms with Crippen LogP contribution in [0.4, 0.5) is 0 Å². The molecule has 2 saturated heterocycles. The van der Waals surface area contributed by atoms with E-state index >= 15 is 0 Å². The lowest BCUT2D eigenvalue weighted by molar-refractivity contribution is -0.157. The molecule has 2 fully saturated rings. The quantitative estimate of drug-likeness (QED) is 0.764. The maximum absolute atomic E-state index is 12.1. The second kappa shape index (κ2) is 6.64. The Morgan fingerprint density at radius 2 is 1.83 bits per heavy atom. The lowest BCUT2D eigenvalue weighted by atomic mass is 10.1. The lowest BCUT2D eigenvalue weighted by Crippen LogP contribution is -2.36. The highest BCUT2D eigenvalue weighted by molar-refractivity contribution is 5.89. The molecule has 124 valence electrons. The summed E-state index contributed by atoms with van der Waals surface area (Å²) in [5.74, 6) is -0.980. The van der Waals surface area contributed by atoms with Gasteiger partial charge in [0.2, 0.25) is 0 Å². The zero-order valence-electron chi connectivity index (χ0n) is 13.0. The Bertz CT molecular complexity index is 575. The van der Waals surface area contributed by atoms with E-state index in [-0.39, 0.29) is 25.1 Å². The standard InChI is InChI=1S/C16H19NO6/c1-9(2)15(18)22-11-7-20-14-12(8-21-13(11)14)23-16(19)10-4-3-5-17-6-10/h3-6,9,11-14H,7-8H2,1-2H3/t11-,12?,13+,14+/m0/s1. The van der Waals surface area contributed by atoms with E-state index in [4.69, 9.17) is 18.9 Å². The topological polar surface area (TPSA) is 84.0 Å². The average Bonchev–Trinajstić information content (AvgIpc) is 3.12. The molecule has 23 heavy (non-hydrogen) atoms. The lowest BCUT2D eigenvalue weighted by Gasteiger charge is -2.18. The summed E-state index contributed by atoms with van der Waals surface area (Å²) in [4.78, 5) is 27.7. The number of carbonyl (C=O) groups is 2. The molecule has 0 bridgehead atoms. The summed E-state index contributed by atoms with van der Waals surface area (Å²) < 4.78 is 22.1. The van der Waals surface area contributed by atoms with Crippen molar-refractivity contribution in [1.82, 2.24) is 4.98 Å². The van der Waals surface area contributed by atoms with Gasteiger partial charge in [0.25, 0.3) is 0 Å². The molecule has 4 atom stereocenters. The van der Waals surface area contributed by atoms with Crippen molar-refractivity contribution in [3.63, 3.8) is 0 Å². The molecule has 3 heterocycles. The summed E-state index contributed by atoms with van der Waals surface area (Å²) in [7, 11) is 0. The van der Waals surface area contributed by atoms with Crippen molar-refractivity contribution in [2.75, 3.05) is 13.2 Å². The SMILES string of the molecule is CC(C)C(=O)O[C@H]1CO[C@@H]2C(OC(=O)c3cccnc3)CO[C@H]12. The van der Waals surface area contributed by atoms with Crippen molar-refractivity contribution in [2.45, 2.75) is 38.3 Å². The summed E-state index contributed by atoms with van der Waals surface area (Å²) in [6.45, 7) is 4.00. The van der Waals surface area contributed by atoms with Crippen molar-refractivity contribution in [3.8, 4) is 0 Å². The highest BCUT2D eigenvalue weighted by Crippen LogP contribution is 2.31. The molecular formula is C16H19NO6. The summed E-state index contributed by atoms with van der Waals surface area (Å²) in [5.41, 5.74) is 0.372. The minimum atomic E-state index is -0.518. The molecule has 0 aromatic carbocycles. The fourth-order valence-electron chi connectivity index (χ4n) is 2.61. The van der Waals surface area contributed by atoms with Crippen LogP contribution < -0.4 is 0 Å². The molecule has 1 aromatic heterocycles. The van der Waals surface area contributed by atoms with E-state index in [1.165, 1.54) is 6.20 Å². The summed E-state index contributed by atoms with van der Waals surface area (Å²) >= 11 is 0. The molecule has 3 rings (SSSR count). The predicted octanol–water partition coefficient (Wildman–Crippen LogP) is 0.972. The molecule has 0 radical (unpaired) electrons. The van der Waals surface area contributed by atoms with Crippen LogP contribution in [0.5, 0.6) is 0 Å². The van der Waals surface area contributed by atoms with Crippen molar-refractivity contribution in [1.29, 1.82) is 0 Å². The molecule has 0 saturated carbocycles. The second-order valence-corrected chi connectivity index (χ2v) is 5.91. The highest BCUT2D eigenvalue weighted by Gasteiger charge is 2.51. The van der Waals surface area contributed by atoms with Gasteiger partial charge in [0.15, 0.2) is 12.2 Å². The molecular weight excluding hydrogens is 302 g/mol. The van der Waals surface area contributed by atoms with Crippen LogP contribution >= 0.6 is 0 Å². The van der Waals surface area contributed by atoms with Crippen LogP contribution in [0.1, 0.15) is 24.2 Å². The summed E-state index contributed by atoms with van der Waals surface area (Å²) in [5, 5.41) is 0. The first-order valence-electron chi connectivity index (χ1n) is 7.61. The molecule has 0 amide bonds. The molecule has 0 aliphatic carbocycles. The molecule has 7 nitrogen and oxygen atoms in total. The van der Waals surface area contributed by atoms with E-state index in [1.54, 1.807) is 32.2 Å². The number of pyridine rings is 1. The first kappa shape index (κ1) is 15.9. The maximum atomic E-state index is 12.1. The van der Waals surface area contributed by atoms with E-state index in [0.29, 0.717) is 5.56 Å². The van der Waals surface area contributed by atoms with Gasteiger partial charge in [0.05, 0.1) is 24.7 Å². The van der Waals surface area contributed by atoms with Crippen LogP contribution in [0.15, 0.2) is 24.5 Å². The maximum Gasteiger partial charge on any atom is 0.340 e. The molecule has 7 heteroatoms. The number of carbonyl (C=O) groups excluding carboxylic acids is 2. The summed E-state index contributed by atoms with van der Waals surface area (Å²) in [6, 6.07) is 3.30. The van der Waals surface area contributed by atoms with Crippen LogP contribution in [-0.2, 0) is 23.7 Å². The smallest absolute Gasteiger partial charge is 0.340 e. The number of hydrogen-bond donors (Lipinski definition) is 0. The predicted molar refractivity (Wildman–Crippen MR) is 77.6 cm³/mol. The average molecular weight is 321 g/mol. The van der Waals surface area contributed by atoms with E-state index in [9.17, 15) is 9.59 Å². The van der Waals surface area contributed by atoms with Gasteiger partial charge in [-0.3, -0.25) is 9.78 Å². The third kappa shape index (κ3) is 3.35. The number of nitrogens with zero attached hydrogens (tertiary/aromatic N) is 1. The van der Waals surface area contributed by atoms with Crippen LogP contribution in [0, 0.1) is 5.92 Å². The normalized spacial score (nSPS) is 29.3. The number of fused-ring (bicyclic) bond motifs is 1.